The van der Waals surface area contributed by atoms with Crippen molar-refractivity contribution in [2.75, 3.05) is 19.7 Å². The van der Waals surface area contributed by atoms with Crippen LogP contribution in [-0.2, 0) is 14.8 Å². The number of hydrogen-bond acceptors (Lipinski definition) is 3. The largest absolute Gasteiger partial charge is 0.377 e. The molecule has 0 saturated carbocycles. The molecule has 1 unspecified atom stereocenters. The first kappa shape index (κ1) is 14.9. The fourth-order valence-electron chi connectivity index (χ4n) is 2.00. The molecule has 2 rings (SSSR count). The van der Waals surface area contributed by atoms with Gasteiger partial charge in [0.05, 0.1) is 11.0 Å². The molecule has 0 amide bonds. The highest BCUT2D eigenvalue weighted by Gasteiger charge is 2.29. The first-order valence-electron chi connectivity index (χ1n) is 5.98. The molecule has 106 valence electrons. The van der Waals surface area contributed by atoms with E-state index in [9.17, 15) is 12.8 Å². The summed E-state index contributed by atoms with van der Waals surface area (Å²) in [6.07, 6.45) is 0.513. The van der Waals surface area contributed by atoms with Crippen LogP contribution in [0, 0.1) is 5.82 Å². The Morgan fingerprint density at radius 3 is 2.89 bits per heavy atom. The van der Waals surface area contributed by atoms with E-state index < -0.39 is 15.8 Å². The summed E-state index contributed by atoms with van der Waals surface area (Å²) in [5.74, 6) is -0.474. The summed E-state index contributed by atoms with van der Waals surface area (Å²) in [6.45, 7) is 3.12. The average molecular weight is 352 g/mol. The normalized spacial score (nSPS) is 22.2. The molecule has 0 aromatic heterocycles. The van der Waals surface area contributed by atoms with Gasteiger partial charge in [0.15, 0.2) is 0 Å². The average Bonchev–Trinajstić information content (AvgIpc) is 2.53. The summed E-state index contributed by atoms with van der Waals surface area (Å²) in [7, 11) is -3.63. The molecule has 0 radical (unpaired) electrons. The highest BCUT2D eigenvalue weighted by Crippen LogP contribution is 2.26. The molecule has 0 aliphatic carbocycles. The maximum Gasteiger partial charge on any atom is 0.244 e. The zero-order valence-corrected chi connectivity index (χ0v) is 12.9. The summed E-state index contributed by atoms with van der Waals surface area (Å²) in [6, 6.07) is 3.59. The SMILES string of the molecule is CC1CN(S(=O)(=O)c2ccc(F)cc2Br)CCCO1. The predicted octanol–water partition coefficient (Wildman–Crippen LogP) is 2.39. The molecule has 1 aliphatic rings. The monoisotopic (exact) mass is 351 g/mol. The van der Waals surface area contributed by atoms with E-state index in [0.717, 1.165) is 12.1 Å². The van der Waals surface area contributed by atoms with Gasteiger partial charge in [0.1, 0.15) is 5.82 Å². The van der Waals surface area contributed by atoms with E-state index in [4.69, 9.17) is 4.74 Å². The summed E-state index contributed by atoms with van der Waals surface area (Å²) < 4.78 is 45.2. The predicted molar refractivity (Wildman–Crippen MR) is 72.9 cm³/mol. The molecule has 19 heavy (non-hydrogen) atoms. The van der Waals surface area contributed by atoms with E-state index in [0.29, 0.717) is 26.1 Å². The highest BCUT2D eigenvalue weighted by atomic mass is 79.9. The van der Waals surface area contributed by atoms with Crippen LogP contribution in [0.25, 0.3) is 0 Å². The second-order valence-electron chi connectivity index (χ2n) is 4.47. The third-order valence-corrected chi connectivity index (χ3v) is 5.77. The number of ether oxygens (including phenoxy) is 1. The Kier molecular flexibility index (Phi) is 4.60. The van der Waals surface area contributed by atoms with Crippen molar-refractivity contribution in [3.8, 4) is 0 Å². The van der Waals surface area contributed by atoms with E-state index in [1.165, 1.54) is 10.4 Å². The van der Waals surface area contributed by atoms with Crippen LogP contribution in [0.4, 0.5) is 4.39 Å². The minimum absolute atomic E-state index is 0.0861. The lowest BCUT2D eigenvalue weighted by atomic mass is 10.3. The van der Waals surface area contributed by atoms with Crippen LogP contribution in [0.2, 0.25) is 0 Å². The van der Waals surface area contributed by atoms with Crippen molar-refractivity contribution < 1.29 is 17.5 Å². The Labute approximate surface area is 120 Å². The molecule has 1 saturated heterocycles. The van der Waals surface area contributed by atoms with Crippen LogP contribution in [-0.4, -0.2) is 38.5 Å². The molecule has 0 bridgehead atoms. The van der Waals surface area contributed by atoms with E-state index >= 15 is 0 Å². The maximum atomic E-state index is 13.0. The number of hydrogen-bond donors (Lipinski definition) is 0. The number of nitrogens with zero attached hydrogens (tertiary/aromatic N) is 1. The molecule has 7 heteroatoms. The minimum Gasteiger partial charge on any atom is -0.377 e. The van der Waals surface area contributed by atoms with Gasteiger partial charge in [-0.15, -0.1) is 0 Å². The lowest BCUT2D eigenvalue weighted by Gasteiger charge is -2.22. The molecular formula is C12H15BrFNO3S. The lowest BCUT2D eigenvalue weighted by molar-refractivity contribution is 0.0752. The fourth-order valence-corrected chi connectivity index (χ4v) is 4.56. The van der Waals surface area contributed by atoms with Gasteiger partial charge in [-0.05, 0) is 47.5 Å². The second kappa shape index (κ2) is 5.87. The Morgan fingerprint density at radius 1 is 1.47 bits per heavy atom. The quantitative estimate of drug-likeness (QED) is 0.821. The van der Waals surface area contributed by atoms with Gasteiger partial charge >= 0.3 is 0 Å². The molecule has 1 aliphatic heterocycles. The summed E-state index contributed by atoms with van der Waals surface area (Å²) in [5.41, 5.74) is 0. The highest BCUT2D eigenvalue weighted by molar-refractivity contribution is 9.10. The van der Waals surface area contributed by atoms with Crippen molar-refractivity contribution in [2.45, 2.75) is 24.3 Å². The molecule has 1 aromatic carbocycles. The Bertz CT molecular complexity index is 564. The van der Waals surface area contributed by atoms with Crippen LogP contribution in [0.5, 0.6) is 0 Å². The maximum absolute atomic E-state index is 13.0. The Hall–Kier alpha value is -0.500. The smallest absolute Gasteiger partial charge is 0.244 e. The molecule has 4 nitrogen and oxygen atoms in total. The molecule has 1 aromatic rings. The standard InChI is InChI=1S/C12H15BrFNO3S/c1-9-8-15(5-2-6-18-9)19(16,17)12-4-3-10(14)7-11(12)13/h3-4,7,9H,2,5-6,8H2,1H3. The van der Waals surface area contributed by atoms with Crippen LogP contribution < -0.4 is 0 Å². The minimum atomic E-state index is -3.63. The van der Waals surface area contributed by atoms with E-state index in [-0.39, 0.29) is 15.5 Å². The number of sulfonamides is 1. The van der Waals surface area contributed by atoms with Crippen LogP contribution in [0.1, 0.15) is 13.3 Å². The second-order valence-corrected chi connectivity index (χ2v) is 7.23. The van der Waals surface area contributed by atoms with Gasteiger partial charge in [-0.3, -0.25) is 0 Å². The molecule has 1 atom stereocenters. The molecule has 0 N–H and O–H groups in total. The van der Waals surface area contributed by atoms with Crippen molar-refractivity contribution in [2.24, 2.45) is 0 Å². The van der Waals surface area contributed by atoms with E-state index in [2.05, 4.69) is 15.9 Å². The number of halogens is 2. The van der Waals surface area contributed by atoms with Crippen molar-refractivity contribution in [3.63, 3.8) is 0 Å². The van der Waals surface area contributed by atoms with Crippen LogP contribution in [0.3, 0.4) is 0 Å². The third-order valence-electron chi connectivity index (χ3n) is 2.93. The Balaban J connectivity index is 2.35. The topological polar surface area (TPSA) is 46.6 Å². The Morgan fingerprint density at radius 2 is 2.21 bits per heavy atom. The van der Waals surface area contributed by atoms with Gasteiger partial charge < -0.3 is 4.74 Å². The molecule has 1 fully saturated rings. The van der Waals surface area contributed by atoms with Gasteiger partial charge in [-0.1, -0.05) is 0 Å². The van der Waals surface area contributed by atoms with E-state index in [1.54, 1.807) is 0 Å². The van der Waals surface area contributed by atoms with Gasteiger partial charge in [-0.2, -0.15) is 4.31 Å². The molecule has 0 spiro atoms. The summed E-state index contributed by atoms with van der Waals surface area (Å²) >= 11 is 3.11. The van der Waals surface area contributed by atoms with Gasteiger partial charge in [0.25, 0.3) is 0 Å². The van der Waals surface area contributed by atoms with E-state index in [1.807, 2.05) is 6.92 Å². The van der Waals surface area contributed by atoms with Gasteiger partial charge in [-0.25, -0.2) is 12.8 Å². The fraction of sp³-hybridized carbons (Fsp3) is 0.500. The molecule has 1 heterocycles. The summed E-state index contributed by atoms with van der Waals surface area (Å²) in [4.78, 5) is 0.0861. The van der Waals surface area contributed by atoms with Gasteiger partial charge in [0.2, 0.25) is 10.0 Å². The van der Waals surface area contributed by atoms with Crippen LogP contribution >= 0.6 is 15.9 Å². The lowest BCUT2D eigenvalue weighted by Crippen LogP contribution is -2.36. The third kappa shape index (κ3) is 3.34. The van der Waals surface area contributed by atoms with Crippen molar-refractivity contribution >= 4 is 26.0 Å². The number of benzene rings is 1. The first-order chi connectivity index (χ1) is 8.91. The zero-order valence-electron chi connectivity index (χ0n) is 10.5. The van der Waals surface area contributed by atoms with Gasteiger partial charge in [0, 0.05) is 24.2 Å². The summed E-state index contributed by atoms with van der Waals surface area (Å²) in [5, 5.41) is 0. The van der Waals surface area contributed by atoms with Crippen molar-refractivity contribution in [1.82, 2.24) is 4.31 Å². The van der Waals surface area contributed by atoms with Crippen molar-refractivity contribution in [3.05, 3.63) is 28.5 Å². The first-order valence-corrected chi connectivity index (χ1v) is 8.21. The van der Waals surface area contributed by atoms with Crippen LogP contribution in [0.15, 0.2) is 27.6 Å². The number of rotatable bonds is 2. The molecular weight excluding hydrogens is 337 g/mol. The van der Waals surface area contributed by atoms with Crippen molar-refractivity contribution in [1.29, 1.82) is 0 Å². The zero-order chi connectivity index (χ0) is 14.0.